The van der Waals surface area contributed by atoms with Crippen LogP contribution in [0.1, 0.15) is 11.8 Å². The van der Waals surface area contributed by atoms with Crippen molar-refractivity contribution in [2.45, 2.75) is 31.1 Å². The molecule has 0 aromatic carbocycles. The van der Waals surface area contributed by atoms with Crippen LogP contribution in [0.4, 0.5) is 5.82 Å². The number of nitrogens with zero attached hydrogens (tertiary/aromatic N) is 2. The summed E-state index contributed by atoms with van der Waals surface area (Å²) < 4.78 is 20.9. The van der Waals surface area contributed by atoms with Crippen molar-refractivity contribution in [3.8, 4) is 0 Å². The summed E-state index contributed by atoms with van der Waals surface area (Å²) in [5.41, 5.74) is 4.65. The van der Waals surface area contributed by atoms with Gasteiger partial charge in [-0.25, -0.2) is 9.36 Å². The van der Waals surface area contributed by atoms with Gasteiger partial charge in [0.25, 0.3) is 0 Å². The second kappa shape index (κ2) is 6.63. The van der Waals surface area contributed by atoms with E-state index in [9.17, 15) is 19.6 Å². The first-order valence-corrected chi connectivity index (χ1v) is 7.87. The summed E-state index contributed by atoms with van der Waals surface area (Å²) in [4.78, 5) is 32.6. The van der Waals surface area contributed by atoms with Crippen LogP contribution in [0.25, 0.3) is 0 Å². The van der Waals surface area contributed by atoms with Crippen molar-refractivity contribution in [2.75, 3.05) is 12.3 Å². The number of phosphoric ester groups is 1. The van der Waals surface area contributed by atoms with Gasteiger partial charge in [0.05, 0.1) is 13.2 Å². The monoisotopic (exact) mass is 353 g/mol. The lowest BCUT2D eigenvalue weighted by Crippen LogP contribution is -2.36. The average Bonchev–Trinajstić information content (AvgIpc) is 2.73. The van der Waals surface area contributed by atoms with Crippen LogP contribution in [-0.2, 0) is 20.4 Å². The number of aliphatic hydroxyl groups is 3. The van der Waals surface area contributed by atoms with Crippen LogP contribution in [-0.4, -0.2) is 59.6 Å². The second-order valence-electron chi connectivity index (χ2n) is 4.83. The molecule has 12 nitrogen and oxygen atoms in total. The van der Waals surface area contributed by atoms with E-state index in [0.29, 0.717) is 0 Å². The van der Waals surface area contributed by atoms with E-state index in [2.05, 4.69) is 9.51 Å². The molecule has 1 aliphatic heterocycles. The second-order valence-corrected chi connectivity index (χ2v) is 6.07. The molecule has 1 fully saturated rings. The van der Waals surface area contributed by atoms with Crippen molar-refractivity contribution in [1.29, 1.82) is 0 Å². The van der Waals surface area contributed by atoms with Crippen LogP contribution in [0.5, 0.6) is 0 Å². The molecule has 2 rings (SSSR count). The highest BCUT2D eigenvalue weighted by Gasteiger charge is 2.45. The van der Waals surface area contributed by atoms with E-state index >= 15 is 0 Å². The molecule has 1 aromatic rings. The number of aliphatic hydroxyl groups excluding tert-OH is 3. The van der Waals surface area contributed by atoms with Crippen LogP contribution >= 0.6 is 7.82 Å². The summed E-state index contributed by atoms with van der Waals surface area (Å²) in [6.45, 7) is -1.22. The Morgan fingerprint density at radius 2 is 2.04 bits per heavy atom. The number of phosphoric acid groups is 1. The number of nitrogens with two attached hydrogens (primary N) is 1. The lowest BCUT2D eigenvalue weighted by atomic mass is 10.1. The third-order valence-corrected chi connectivity index (χ3v) is 3.74. The molecule has 0 amide bonds. The van der Waals surface area contributed by atoms with Gasteiger partial charge in [-0.3, -0.25) is 9.09 Å². The van der Waals surface area contributed by atoms with Crippen molar-refractivity contribution in [1.82, 2.24) is 9.55 Å². The molecule has 0 unspecified atom stereocenters. The smallest absolute Gasteiger partial charge is 0.391 e. The normalized spacial score (nSPS) is 28.2. The maximum atomic E-state index is 11.8. The third kappa shape index (κ3) is 3.94. The Morgan fingerprint density at radius 3 is 2.61 bits per heavy atom. The average molecular weight is 353 g/mol. The van der Waals surface area contributed by atoms with E-state index in [-0.39, 0.29) is 11.4 Å². The van der Waals surface area contributed by atoms with Gasteiger partial charge in [-0.05, 0) is 0 Å². The molecule has 4 atom stereocenters. The molecule has 0 spiro atoms. The zero-order valence-electron chi connectivity index (χ0n) is 11.6. The Morgan fingerprint density at radius 1 is 1.39 bits per heavy atom. The summed E-state index contributed by atoms with van der Waals surface area (Å²) in [7, 11) is -4.79. The van der Waals surface area contributed by atoms with Crippen LogP contribution < -0.4 is 11.4 Å². The summed E-state index contributed by atoms with van der Waals surface area (Å²) in [5.74, 6) is -0.192. The number of hydrogen-bond donors (Lipinski definition) is 6. The van der Waals surface area contributed by atoms with Gasteiger partial charge in [0.1, 0.15) is 24.1 Å². The molecule has 7 N–H and O–H groups in total. The highest BCUT2D eigenvalue weighted by atomic mass is 31.2. The zero-order valence-corrected chi connectivity index (χ0v) is 12.5. The van der Waals surface area contributed by atoms with Crippen LogP contribution in [0.15, 0.2) is 11.0 Å². The standard InChI is InChI=1S/C10H16N3O9P/c11-8-4(2-14)1-13(10(17)12-8)9-7(16)6(15)5(22-9)3-21-23(18,19)20/h1,5-7,9,14-16H,2-3H2,(H2,11,12,17)(H2,18,19,20)/t5-,6-,7-,9-/m1/s1. The van der Waals surface area contributed by atoms with Crippen molar-refractivity contribution >= 4 is 13.6 Å². The topological polar surface area (TPSA) is 198 Å². The Kier molecular flexibility index (Phi) is 5.18. The highest BCUT2D eigenvalue weighted by Crippen LogP contribution is 2.38. The number of hydrogen-bond acceptors (Lipinski definition) is 9. The van der Waals surface area contributed by atoms with Gasteiger partial charge in [-0.15, -0.1) is 0 Å². The van der Waals surface area contributed by atoms with E-state index in [4.69, 9.17) is 25.4 Å². The maximum Gasteiger partial charge on any atom is 0.469 e. The largest absolute Gasteiger partial charge is 0.469 e. The number of rotatable bonds is 5. The molecule has 1 aliphatic rings. The molecule has 130 valence electrons. The molecule has 23 heavy (non-hydrogen) atoms. The predicted octanol–water partition coefficient (Wildman–Crippen LogP) is -2.95. The minimum Gasteiger partial charge on any atom is -0.391 e. The minimum atomic E-state index is -4.79. The van der Waals surface area contributed by atoms with Gasteiger partial charge in [0.15, 0.2) is 6.23 Å². The van der Waals surface area contributed by atoms with Crippen molar-refractivity contribution in [3.63, 3.8) is 0 Å². The Hall–Kier alpha value is -1.37. The van der Waals surface area contributed by atoms with E-state index < -0.39 is 51.3 Å². The Labute approximate surface area is 129 Å². The number of aromatic nitrogens is 2. The van der Waals surface area contributed by atoms with E-state index in [1.165, 1.54) is 0 Å². The molecular weight excluding hydrogens is 337 g/mol. The fourth-order valence-electron chi connectivity index (χ4n) is 2.09. The molecule has 0 saturated carbocycles. The van der Waals surface area contributed by atoms with Crippen molar-refractivity contribution in [3.05, 3.63) is 22.2 Å². The molecule has 0 aliphatic carbocycles. The van der Waals surface area contributed by atoms with E-state index in [1.54, 1.807) is 0 Å². The first-order chi connectivity index (χ1) is 10.6. The first kappa shape index (κ1) is 18.0. The Balaban J connectivity index is 2.24. The summed E-state index contributed by atoms with van der Waals surface area (Å²) >= 11 is 0. The van der Waals surface area contributed by atoms with Crippen LogP contribution in [0.3, 0.4) is 0 Å². The highest BCUT2D eigenvalue weighted by molar-refractivity contribution is 7.46. The third-order valence-electron chi connectivity index (χ3n) is 3.25. The summed E-state index contributed by atoms with van der Waals surface area (Å²) in [6, 6.07) is 0. The van der Waals surface area contributed by atoms with E-state index in [0.717, 1.165) is 10.8 Å². The van der Waals surface area contributed by atoms with Gasteiger partial charge in [0.2, 0.25) is 0 Å². The van der Waals surface area contributed by atoms with Crippen LogP contribution in [0.2, 0.25) is 0 Å². The Bertz CT molecular complexity index is 674. The van der Waals surface area contributed by atoms with Crippen molar-refractivity contribution in [2.24, 2.45) is 0 Å². The number of anilines is 1. The predicted molar refractivity (Wildman–Crippen MR) is 72.8 cm³/mol. The maximum absolute atomic E-state index is 11.8. The van der Waals surface area contributed by atoms with Gasteiger partial charge >= 0.3 is 13.5 Å². The number of nitrogen functional groups attached to an aromatic ring is 1. The molecule has 2 heterocycles. The molecule has 1 aromatic heterocycles. The molecule has 0 bridgehead atoms. The fourth-order valence-corrected chi connectivity index (χ4v) is 2.43. The first-order valence-electron chi connectivity index (χ1n) is 6.34. The van der Waals surface area contributed by atoms with Crippen molar-refractivity contribution < 1.29 is 38.9 Å². The lowest BCUT2D eigenvalue weighted by molar-refractivity contribution is -0.0544. The zero-order chi connectivity index (χ0) is 17.4. The van der Waals surface area contributed by atoms with Crippen LogP contribution in [0, 0.1) is 0 Å². The van der Waals surface area contributed by atoms with Gasteiger partial charge in [0, 0.05) is 11.8 Å². The SMILES string of the molecule is Nc1nc(=O)n([C@@H]2O[C@H](COP(=O)(O)O)[C@@H](O)[C@H]2O)cc1CO. The molecule has 1 saturated heterocycles. The lowest BCUT2D eigenvalue weighted by Gasteiger charge is -2.18. The fraction of sp³-hybridized carbons (Fsp3) is 0.600. The summed E-state index contributed by atoms with van der Waals surface area (Å²) in [6.07, 6.45) is -4.72. The molecule has 13 heteroatoms. The van der Waals surface area contributed by atoms with Gasteiger partial charge < -0.3 is 35.6 Å². The van der Waals surface area contributed by atoms with Gasteiger partial charge in [-0.1, -0.05) is 0 Å². The molecule has 0 radical (unpaired) electrons. The summed E-state index contributed by atoms with van der Waals surface area (Å²) in [5, 5.41) is 28.9. The number of ether oxygens (including phenoxy) is 1. The quantitative estimate of drug-likeness (QED) is 0.296. The molecular formula is C10H16N3O9P. The van der Waals surface area contributed by atoms with Gasteiger partial charge in [-0.2, -0.15) is 4.98 Å². The van der Waals surface area contributed by atoms with E-state index in [1.807, 2.05) is 0 Å². The minimum absolute atomic E-state index is 0.102.